The van der Waals surface area contributed by atoms with Crippen LogP contribution in [0.2, 0.25) is 5.02 Å². The summed E-state index contributed by atoms with van der Waals surface area (Å²) in [4.78, 5) is 12.9. The predicted molar refractivity (Wildman–Crippen MR) is 120 cm³/mol. The number of sulfone groups is 1. The Morgan fingerprint density at radius 2 is 1.77 bits per heavy atom. The molecule has 6 nitrogen and oxygen atoms in total. The first-order valence-corrected chi connectivity index (χ1v) is 13.5. The van der Waals surface area contributed by atoms with E-state index in [0.717, 1.165) is 17.8 Å². The van der Waals surface area contributed by atoms with Crippen molar-refractivity contribution in [1.29, 1.82) is 0 Å². The van der Waals surface area contributed by atoms with Crippen LogP contribution in [0.1, 0.15) is 55.3 Å². The fraction of sp³-hybridized carbons (Fsp3) is 0.696. The molecule has 5 rings (SSSR count). The molecule has 4 aliphatic rings. The van der Waals surface area contributed by atoms with Crippen LogP contribution in [0, 0.1) is 23.2 Å². The fourth-order valence-corrected chi connectivity index (χ4v) is 7.62. The van der Waals surface area contributed by atoms with Gasteiger partial charge in [-0.25, -0.2) is 8.42 Å². The molecule has 4 aliphatic carbocycles. The molecule has 1 aromatic carbocycles. The van der Waals surface area contributed by atoms with Crippen molar-refractivity contribution >= 4 is 27.3 Å². The number of halogens is 1. The molecule has 1 amide bonds. The smallest absolute Gasteiger partial charge is 0.252 e. The van der Waals surface area contributed by atoms with Gasteiger partial charge in [0.1, 0.15) is 12.4 Å². The van der Waals surface area contributed by atoms with Gasteiger partial charge in [0.2, 0.25) is 0 Å². The number of rotatable bonds is 10. The Bertz CT molecular complexity index is 881. The Morgan fingerprint density at radius 1 is 1.13 bits per heavy atom. The lowest BCUT2D eigenvalue weighted by Crippen LogP contribution is -2.51. The molecule has 172 valence electrons. The van der Waals surface area contributed by atoms with Gasteiger partial charge >= 0.3 is 0 Å². The lowest BCUT2D eigenvalue weighted by Gasteiger charge is -2.56. The lowest BCUT2D eigenvalue weighted by atomic mass is 9.49. The number of hydrogen-bond acceptors (Lipinski definition) is 5. The van der Waals surface area contributed by atoms with Gasteiger partial charge in [-0.1, -0.05) is 11.6 Å². The number of amides is 1. The van der Waals surface area contributed by atoms with Crippen LogP contribution in [-0.4, -0.2) is 50.7 Å². The van der Waals surface area contributed by atoms with E-state index in [0.29, 0.717) is 22.9 Å². The van der Waals surface area contributed by atoms with Gasteiger partial charge in [0.25, 0.3) is 5.91 Å². The molecule has 2 N–H and O–H groups in total. The molecular weight excluding hydrogens is 438 g/mol. The number of benzene rings is 1. The Kier molecular flexibility index (Phi) is 6.85. The molecule has 8 heteroatoms. The van der Waals surface area contributed by atoms with Crippen molar-refractivity contribution in [2.45, 2.75) is 44.9 Å². The molecule has 0 spiro atoms. The molecule has 0 aromatic heterocycles. The van der Waals surface area contributed by atoms with Crippen LogP contribution in [0.25, 0.3) is 0 Å². The van der Waals surface area contributed by atoms with E-state index in [1.165, 1.54) is 38.5 Å². The average molecular weight is 470 g/mol. The summed E-state index contributed by atoms with van der Waals surface area (Å²) >= 11 is 6.27. The molecular formula is C23H32ClNO5S. The number of carbonyl (C=O) groups is 1. The van der Waals surface area contributed by atoms with E-state index in [2.05, 4.69) is 5.32 Å². The van der Waals surface area contributed by atoms with Crippen LogP contribution in [0.5, 0.6) is 5.75 Å². The molecule has 4 fully saturated rings. The Labute approximate surface area is 189 Å². The summed E-state index contributed by atoms with van der Waals surface area (Å²) in [6.07, 6.45) is 8.00. The van der Waals surface area contributed by atoms with E-state index in [4.69, 9.17) is 21.4 Å². The average Bonchev–Trinajstić information content (AvgIpc) is 2.71. The Hall–Kier alpha value is -1.31. The third-order valence-electron chi connectivity index (χ3n) is 7.25. The standard InChI is InChI=1S/C23H32ClNO5S/c24-21-3-2-19(30-5-7-31(28,29)6-1-4-26)11-20(21)22(27)25-15-23-12-16-8-17(13-23)10-18(9-16)14-23/h2-3,11,16-18,26H,1,4-10,12-15H2,(H,25,27). The van der Waals surface area contributed by atoms with Crippen molar-refractivity contribution in [2.75, 3.05) is 31.3 Å². The van der Waals surface area contributed by atoms with Crippen LogP contribution in [0.3, 0.4) is 0 Å². The fourth-order valence-electron chi connectivity index (χ4n) is 6.31. The zero-order valence-corrected chi connectivity index (χ0v) is 19.4. The highest BCUT2D eigenvalue weighted by atomic mass is 35.5. The highest BCUT2D eigenvalue weighted by molar-refractivity contribution is 7.91. The van der Waals surface area contributed by atoms with Gasteiger partial charge in [-0.2, -0.15) is 0 Å². The van der Waals surface area contributed by atoms with Crippen molar-refractivity contribution in [3.05, 3.63) is 28.8 Å². The maximum Gasteiger partial charge on any atom is 0.252 e. The first-order valence-electron chi connectivity index (χ1n) is 11.3. The summed E-state index contributed by atoms with van der Waals surface area (Å²) < 4.78 is 29.3. The highest BCUT2D eigenvalue weighted by Gasteiger charge is 2.50. The van der Waals surface area contributed by atoms with E-state index in [1.807, 2.05) is 0 Å². The van der Waals surface area contributed by atoms with Crippen LogP contribution in [0.4, 0.5) is 0 Å². The summed E-state index contributed by atoms with van der Waals surface area (Å²) in [6.45, 7) is 0.530. The second kappa shape index (κ2) is 9.28. The van der Waals surface area contributed by atoms with Gasteiger partial charge in [-0.15, -0.1) is 0 Å². The van der Waals surface area contributed by atoms with Crippen molar-refractivity contribution in [1.82, 2.24) is 5.32 Å². The van der Waals surface area contributed by atoms with E-state index >= 15 is 0 Å². The molecule has 0 heterocycles. The largest absolute Gasteiger partial charge is 0.493 e. The molecule has 1 aromatic rings. The summed E-state index contributed by atoms with van der Waals surface area (Å²) in [5, 5.41) is 12.3. The maximum atomic E-state index is 12.9. The van der Waals surface area contributed by atoms with E-state index in [9.17, 15) is 13.2 Å². The third kappa shape index (κ3) is 5.55. The monoisotopic (exact) mass is 469 g/mol. The minimum atomic E-state index is -3.27. The Morgan fingerprint density at radius 3 is 2.39 bits per heavy atom. The summed E-state index contributed by atoms with van der Waals surface area (Å²) in [7, 11) is -3.27. The topological polar surface area (TPSA) is 92.7 Å². The minimum absolute atomic E-state index is 0.0102. The van der Waals surface area contributed by atoms with Crippen LogP contribution < -0.4 is 10.1 Å². The van der Waals surface area contributed by atoms with Gasteiger partial charge in [0.15, 0.2) is 9.84 Å². The number of aliphatic hydroxyl groups excluding tert-OH is 1. The summed E-state index contributed by atoms with van der Waals surface area (Å²) in [5.74, 6) is 2.50. The first kappa shape index (κ1) is 22.9. The lowest BCUT2D eigenvalue weighted by molar-refractivity contribution is -0.0503. The van der Waals surface area contributed by atoms with Crippen molar-refractivity contribution < 1.29 is 23.1 Å². The Balaban J connectivity index is 1.33. The van der Waals surface area contributed by atoms with E-state index in [1.54, 1.807) is 18.2 Å². The van der Waals surface area contributed by atoms with Crippen LogP contribution in [0.15, 0.2) is 18.2 Å². The van der Waals surface area contributed by atoms with Gasteiger partial charge < -0.3 is 15.2 Å². The molecule has 0 aliphatic heterocycles. The molecule has 31 heavy (non-hydrogen) atoms. The number of hydrogen-bond donors (Lipinski definition) is 2. The first-order chi connectivity index (χ1) is 14.8. The molecule has 0 atom stereocenters. The SMILES string of the molecule is O=C(NCC12CC3CC(CC(C3)C1)C2)c1cc(OCCS(=O)(=O)CCCO)ccc1Cl. The number of aliphatic hydroxyl groups is 1. The number of carbonyl (C=O) groups excluding carboxylic acids is 1. The van der Waals surface area contributed by atoms with Crippen LogP contribution in [-0.2, 0) is 9.84 Å². The number of nitrogens with one attached hydrogen (secondary N) is 1. The zero-order chi connectivity index (χ0) is 22.1. The minimum Gasteiger partial charge on any atom is -0.493 e. The van der Waals surface area contributed by atoms with Crippen molar-refractivity contribution in [3.8, 4) is 5.75 Å². The quantitative estimate of drug-likeness (QED) is 0.547. The molecule has 4 saturated carbocycles. The normalized spacial score (nSPS) is 29.2. The molecule has 0 saturated heterocycles. The maximum absolute atomic E-state index is 12.9. The van der Waals surface area contributed by atoms with Crippen LogP contribution >= 0.6 is 11.6 Å². The second-order valence-corrected chi connectivity index (χ2v) is 12.5. The molecule has 0 unspecified atom stereocenters. The van der Waals surface area contributed by atoms with Crippen molar-refractivity contribution in [3.63, 3.8) is 0 Å². The van der Waals surface area contributed by atoms with E-state index < -0.39 is 9.84 Å². The third-order valence-corrected chi connectivity index (χ3v) is 9.28. The predicted octanol–water partition coefficient (Wildman–Crippen LogP) is 3.46. The van der Waals surface area contributed by atoms with Gasteiger partial charge in [-0.05, 0) is 86.3 Å². The van der Waals surface area contributed by atoms with Gasteiger partial charge in [0, 0.05) is 13.2 Å². The van der Waals surface area contributed by atoms with E-state index in [-0.39, 0.29) is 42.5 Å². The molecule has 4 bridgehead atoms. The van der Waals surface area contributed by atoms with Gasteiger partial charge in [0.05, 0.1) is 22.1 Å². The molecule has 0 radical (unpaired) electrons. The zero-order valence-electron chi connectivity index (χ0n) is 17.8. The summed E-state index contributed by atoms with van der Waals surface area (Å²) in [6, 6.07) is 4.83. The summed E-state index contributed by atoms with van der Waals surface area (Å²) in [5.41, 5.74) is 0.598. The van der Waals surface area contributed by atoms with Gasteiger partial charge in [-0.3, -0.25) is 4.79 Å². The van der Waals surface area contributed by atoms with Crippen molar-refractivity contribution in [2.24, 2.45) is 23.2 Å². The number of ether oxygens (including phenoxy) is 1. The highest BCUT2D eigenvalue weighted by Crippen LogP contribution is 2.59. The second-order valence-electron chi connectivity index (χ2n) is 9.82.